The molecule has 1 N–H and O–H groups in total. The van der Waals surface area contributed by atoms with Gasteiger partial charge in [0.25, 0.3) is 0 Å². The van der Waals surface area contributed by atoms with Gasteiger partial charge >= 0.3 is 0 Å². The quantitative estimate of drug-likeness (QED) is 0.274. The van der Waals surface area contributed by atoms with E-state index in [1.807, 2.05) is 35.3 Å². The lowest BCUT2D eigenvalue weighted by molar-refractivity contribution is -0.113. The monoisotopic (exact) mass is 478 g/mol. The SMILES string of the molecule is C=CCn1c(Cc2cccn2C)nnc1SCC(=O)Nc1nc(-c2ccc(C)c(C)c2)cs1. The van der Waals surface area contributed by atoms with Gasteiger partial charge in [-0.2, -0.15) is 0 Å². The largest absolute Gasteiger partial charge is 0.354 e. The van der Waals surface area contributed by atoms with Crippen LogP contribution in [0.4, 0.5) is 5.13 Å². The molecule has 0 fully saturated rings. The van der Waals surface area contributed by atoms with Gasteiger partial charge in [-0.25, -0.2) is 4.98 Å². The zero-order valence-corrected chi connectivity index (χ0v) is 20.5. The summed E-state index contributed by atoms with van der Waals surface area (Å²) in [5.41, 5.74) is 5.52. The first kappa shape index (κ1) is 23.0. The molecule has 0 unspecified atom stereocenters. The second kappa shape index (κ2) is 10.2. The highest BCUT2D eigenvalue weighted by atomic mass is 32.2. The Balaban J connectivity index is 1.39. The molecule has 0 atom stereocenters. The lowest BCUT2D eigenvalue weighted by Gasteiger charge is -2.08. The highest BCUT2D eigenvalue weighted by molar-refractivity contribution is 7.99. The number of thioether (sulfide) groups is 1. The third-order valence-electron chi connectivity index (χ3n) is 5.38. The van der Waals surface area contributed by atoms with Crippen LogP contribution in [0.2, 0.25) is 0 Å². The molecule has 33 heavy (non-hydrogen) atoms. The third-order valence-corrected chi connectivity index (χ3v) is 7.11. The summed E-state index contributed by atoms with van der Waals surface area (Å²) in [6.07, 6.45) is 4.48. The van der Waals surface area contributed by atoms with Crippen molar-refractivity contribution in [1.82, 2.24) is 24.3 Å². The van der Waals surface area contributed by atoms with Crippen molar-refractivity contribution >= 4 is 34.1 Å². The molecule has 0 saturated carbocycles. The zero-order chi connectivity index (χ0) is 23.4. The molecule has 3 aromatic heterocycles. The van der Waals surface area contributed by atoms with Crippen molar-refractivity contribution in [2.24, 2.45) is 7.05 Å². The molecule has 7 nitrogen and oxygen atoms in total. The standard InChI is InChI=1S/C24H26N6OS2/c1-5-10-30-21(13-19-7-6-11-29(19)4)27-28-24(30)33-15-22(31)26-23-25-20(14-32-23)18-9-8-16(2)17(3)12-18/h5-9,11-12,14H,1,10,13,15H2,2-4H3,(H,25,26,31). The molecule has 0 saturated heterocycles. The molecule has 0 spiro atoms. The number of carbonyl (C=O) groups excluding carboxylic acids is 1. The van der Waals surface area contributed by atoms with Gasteiger partial charge in [0.1, 0.15) is 5.82 Å². The number of amides is 1. The number of hydrogen-bond donors (Lipinski definition) is 1. The Hall–Kier alpha value is -3.17. The lowest BCUT2D eigenvalue weighted by atomic mass is 10.1. The number of hydrogen-bond acceptors (Lipinski definition) is 6. The molecule has 0 aliphatic carbocycles. The summed E-state index contributed by atoms with van der Waals surface area (Å²) in [5.74, 6) is 0.938. The van der Waals surface area contributed by atoms with Gasteiger partial charge in [0.05, 0.1) is 11.4 Å². The number of benzene rings is 1. The number of nitrogens with zero attached hydrogens (tertiary/aromatic N) is 5. The van der Waals surface area contributed by atoms with Gasteiger partial charge in [0.2, 0.25) is 5.91 Å². The van der Waals surface area contributed by atoms with Gasteiger partial charge in [-0.1, -0.05) is 30.0 Å². The van der Waals surface area contributed by atoms with E-state index in [9.17, 15) is 4.79 Å². The molecule has 1 amide bonds. The second-order valence-corrected chi connectivity index (χ2v) is 9.56. The van der Waals surface area contributed by atoms with E-state index in [1.165, 1.54) is 34.2 Å². The van der Waals surface area contributed by atoms with Crippen molar-refractivity contribution in [3.63, 3.8) is 0 Å². The van der Waals surface area contributed by atoms with Crippen LogP contribution in [0.3, 0.4) is 0 Å². The van der Waals surface area contributed by atoms with Crippen LogP contribution >= 0.6 is 23.1 Å². The average Bonchev–Trinajstić information content (AvgIpc) is 3.51. The molecule has 170 valence electrons. The van der Waals surface area contributed by atoms with E-state index in [-0.39, 0.29) is 11.7 Å². The second-order valence-electron chi connectivity index (χ2n) is 7.76. The maximum atomic E-state index is 12.6. The maximum absolute atomic E-state index is 12.6. The Bertz CT molecular complexity index is 1290. The number of rotatable bonds is 9. The molecule has 4 aromatic rings. The van der Waals surface area contributed by atoms with Crippen LogP contribution in [-0.2, 0) is 24.8 Å². The Labute approximate surface area is 201 Å². The van der Waals surface area contributed by atoms with Crippen LogP contribution in [0.1, 0.15) is 22.6 Å². The van der Waals surface area contributed by atoms with Gasteiger partial charge in [-0.05, 0) is 43.2 Å². The predicted octanol–water partition coefficient (Wildman–Crippen LogP) is 4.86. The predicted molar refractivity (Wildman–Crippen MR) is 135 cm³/mol. The summed E-state index contributed by atoms with van der Waals surface area (Å²) in [6.45, 7) is 8.60. The van der Waals surface area contributed by atoms with Crippen LogP contribution in [0.15, 0.2) is 59.7 Å². The molecule has 0 bridgehead atoms. The van der Waals surface area contributed by atoms with Crippen molar-refractivity contribution in [2.75, 3.05) is 11.1 Å². The van der Waals surface area contributed by atoms with E-state index in [0.29, 0.717) is 23.3 Å². The molecule has 0 aliphatic rings. The average molecular weight is 479 g/mol. The molecule has 0 radical (unpaired) electrons. The van der Waals surface area contributed by atoms with Gasteiger partial charge in [0, 0.05) is 42.8 Å². The maximum Gasteiger partial charge on any atom is 0.236 e. The van der Waals surface area contributed by atoms with Gasteiger partial charge in [-0.3, -0.25) is 4.79 Å². The molecular weight excluding hydrogens is 452 g/mol. The van der Waals surface area contributed by atoms with Crippen LogP contribution in [0, 0.1) is 13.8 Å². The highest BCUT2D eigenvalue weighted by Crippen LogP contribution is 2.27. The van der Waals surface area contributed by atoms with E-state index >= 15 is 0 Å². The van der Waals surface area contributed by atoms with E-state index in [1.54, 1.807) is 0 Å². The minimum Gasteiger partial charge on any atom is -0.354 e. The third kappa shape index (κ3) is 5.43. The van der Waals surface area contributed by atoms with Crippen molar-refractivity contribution in [1.29, 1.82) is 0 Å². The van der Waals surface area contributed by atoms with E-state index in [4.69, 9.17) is 0 Å². The van der Waals surface area contributed by atoms with E-state index in [2.05, 4.69) is 69.8 Å². The van der Waals surface area contributed by atoms with Crippen molar-refractivity contribution in [3.8, 4) is 11.3 Å². The first-order valence-electron chi connectivity index (χ1n) is 10.5. The number of allylic oxidation sites excluding steroid dienone is 1. The van der Waals surface area contributed by atoms with Crippen LogP contribution < -0.4 is 5.32 Å². The molecule has 9 heteroatoms. The van der Waals surface area contributed by atoms with Gasteiger partial charge < -0.3 is 14.5 Å². The molecule has 3 heterocycles. The zero-order valence-electron chi connectivity index (χ0n) is 18.9. The number of nitrogens with one attached hydrogen (secondary N) is 1. The lowest BCUT2D eigenvalue weighted by Crippen LogP contribution is -2.14. The first-order valence-corrected chi connectivity index (χ1v) is 12.4. The number of anilines is 1. The molecule has 1 aromatic carbocycles. The Morgan fingerprint density at radius 1 is 1.24 bits per heavy atom. The summed E-state index contributed by atoms with van der Waals surface area (Å²) in [5, 5.41) is 14.8. The fourth-order valence-corrected chi connectivity index (χ4v) is 4.86. The summed E-state index contributed by atoms with van der Waals surface area (Å²) in [6, 6.07) is 10.3. The normalized spacial score (nSPS) is 11.0. The van der Waals surface area contributed by atoms with E-state index < -0.39 is 0 Å². The first-order chi connectivity index (χ1) is 15.9. The molecular formula is C24H26N6OS2. The van der Waals surface area contributed by atoms with Crippen LogP contribution in [0.5, 0.6) is 0 Å². The fourth-order valence-electron chi connectivity index (χ4n) is 3.36. The Morgan fingerprint density at radius 3 is 2.82 bits per heavy atom. The number of carbonyl (C=O) groups is 1. The molecule has 0 aliphatic heterocycles. The van der Waals surface area contributed by atoms with E-state index in [0.717, 1.165) is 22.8 Å². The topological polar surface area (TPSA) is 77.6 Å². The van der Waals surface area contributed by atoms with Gasteiger partial charge in [-0.15, -0.1) is 28.1 Å². The van der Waals surface area contributed by atoms with Crippen molar-refractivity contribution in [3.05, 3.63) is 77.2 Å². The molecule has 4 rings (SSSR count). The highest BCUT2D eigenvalue weighted by Gasteiger charge is 2.16. The van der Waals surface area contributed by atoms with Gasteiger partial charge in [0.15, 0.2) is 10.3 Å². The number of aryl methyl sites for hydroxylation is 3. The minimum absolute atomic E-state index is 0.127. The summed E-state index contributed by atoms with van der Waals surface area (Å²) >= 11 is 2.78. The minimum atomic E-state index is -0.127. The Kier molecular flexibility index (Phi) is 7.10. The summed E-state index contributed by atoms with van der Waals surface area (Å²) in [7, 11) is 2.01. The summed E-state index contributed by atoms with van der Waals surface area (Å²) < 4.78 is 4.06. The summed E-state index contributed by atoms with van der Waals surface area (Å²) in [4.78, 5) is 17.1. The number of aromatic nitrogens is 5. The smallest absolute Gasteiger partial charge is 0.236 e. The van der Waals surface area contributed by atoms with Crippen molar-refractivity contribution in [2.45, 2.75) is 32.0 Å². The fraction of sp³-hybridized carbons (Fsp3) is 0.250. The Morgan fingerprint density at radius 2 is 2.09 bits per heavy atom. The number of thiazole rings is 1. The van der Waals surface area contributed by atoms with Crippen LogP contribution in [0.25, 0.3) is 11.3 Å². The van der Waals surface area contributed by atoms with Crippen molar-refractivity contribution < 1.29 is 4.79 Å². The van der Waals surface area contributed by atoms with Crippen LogP contribution in [-0.4, -0.2) is 36.0 Å².